The Kier molecular flexibility index (Phi) is 5.71. The minimum atomic E-state index is 0.0631. The fourth-order valence-electron chi connectivity index (χ4n) is 3.95. The second-order valence-corrected chi connectivity index (χ2v) is 7.05. The van der Waals surface area contributed by atoms with Gasteiger partial charge in [-0.05, 0) is 44.9 Å². The molecule has 1 saturated carbocycles. The van der Waals surface area contributed by atoms with E-state index in [9.17, 15) is 4.79 Å². The minimum absolute atomic E-state index is 0.0631. The molecule has 0 aromatic carbocycles. The summed E-state index contributed by atoms with van der Waals surface area (Å²) < 4.78 is 11.7. The fourth-order valence-corrected chi connectivity index (χ4v) is 3.95. The normalized spacial score (nSPS) is 34.0. The molecule has 3 atom stereocenters. The van der Waals surface area contributed by atoms with Gasteiger partial charge in [0.15, 0.2) is 0 Å². The van der Waals surface area contributed by atoms with Crippen molar-refractivity contribution in [1.29, 1.82) is 0 Å². The summed E-state index contributed by atoms with van der Waals surface area (Å²) in [6.45, 7) is 3.23. The first-order valence-electron chi connectivity index (χ1n) is 9.01. The van der Waals surface area contributed by atoms with Crippen molar-refractivity contribution in [3.05, 3.63) is 0 Å². The van der Waals surface area contributed by atoms with Crippen LogP contribution in [-0.2, 0) is 14.3 Å². The lowest BCUT2D eigenvalue weighted by Gasteiger charge is -2.35. The number of hydrogen-bond acceptors (Lipinski definition) is 4. The first kappa shape index (κ1) is 16.2. The van der Waals surface area contributed by atoms with Gasteiger partial charge in [-0.1, -0.05) is 6.42 Å². The largest absolute Gasteiger partial charge is 0.376 e. The summed E-state index contributed by atoms with van der Waals surface area (Å²) in [5.74, 6) is 0.340. The highest BCUT2D eigenvalue weighted by atomic mass is 16.5. The molecule has 3 rings (SSSR count). The van der Waals surface area contributed by atoms with Crippen LogP contribution in [0.4, 0.5) is 0 Å². The van der Waals surface area contributed by atoms with E-state index in [1.54, 1.807) is 0 Å². The van der Waals surface area contributed by atoms with Crippen LogP contribution in [0.2, 0.25) is 0 Å². The van der Waals surface area contributed by atoms with Crippen molar-refractivity contribution in [2.45, 2.75) is 69.6 Å². The van der Waals surface area contributed by atoms with Gasteiger partial charge in [0.2, 0.25) is 5.91 Å². The molecule has 3 fully saturated rings. The second kappa shape index (κ2) is 7.75. The van der Waals surface area contributed by atoms with Gasteiger partial charge in [0.1, 0.15) is 0 Å². The molecule has 126 valence electrons. The average molecular weight is 310 g/mol. The third-order valence-electron chi connectivity index (χ3n) is 5.43. The molecule has 5 heteroatoms. The van der Waals surface area contributed by atoms with E-state index in [0.717, 1.165) is 58.2 Å². The summed E-state index contributed by atoms with van der Waals surface area (Å²) in [5, 5.41) is 0. The number of carbonyl (C=O) groups excluding carboxylic acids is 1. The van der Waals surface area contributed by atoms with Crippen molar-refractivity contribution < 1.29 is 14.3 Å². The van der Waals surface area contributed by atoms with Crippen molar-refractivity contribution in [2.75, 3.05) is 26.3 Å². The van der Waals surface area contributed by atoms with E-state index in [0.29, 0.717) is 6.61 Å². The Bertz CT molecular complexity index is 363. The van der Waals surface area contributed by atoms with E-state index < -0.39 is 0 Å². The predicted molar refractivity (Wildman–Crippen MR) is 84.5 cm³/mol. The van der Waals surface area contributed by atoms with E-state index in [2.05, 4.69) is 0 Å². The van der Waals surface area contributed by atoms with Crippen LogP contribution in [0.25, 0.3) is 0 Å². The number of likely N-dealkylation sites (tertiary alicyclic amines) is 1. The summed E-state index contributed by atoms with van der Waals surface area (Å²) in [6, 6.07) is 0.0740. The summed E-state index contributed by atoms with van der Waals surface area (Å²) >= 11 is 0. The number of piperidine rings is 1. The molecule has 0 bridgehead atoms. The highest BCUT2D eigenvalue weighted by Crippen LogP contribution is 2.27. The van der Waals surface area contributed by atoms with Gasteiger partial charge >= 0.3 is 0 Å². The van der Waals surface area contributed by atoms with E-state index in [-0.39, 0.29) is 30.1 Å². The van der Waals surface area contributed by atoms with E-state index in [1.165, 1.54) is 12.8 Å². The topological polar surface area (TPSA) is 64.8 Å². The Morgan fingerprint density at radius 3 is 2.55 bits per heavy atom. The van der Waals surface area contributed by atoms with Gasteiger partial charge in [-0.15, -0.1) is 0 Å². The SMILES string of the molecule is N[C@@H]1CCC[C@H]1C(=O)N1CCC(OC[C@@H]2CCCCO2)CC1. The molecule has 0 spiro atoms. The Morgan fingerprint density at radius 1 is 1.09 bits per heavy atom. The second-order valence-electron chi connectivity index (χ2n) is 7.05. The van der Waals surface area contributed by atoms with Gasteiger partial charge in [0.25, 0.3) is 0 Å². The first-order chi connectivity index (χ1) is 10.7. The minimum Gasteiger partial charge on any atom is -0.376 e. The summed E-state index contributed by atoms with van der Waals surface area (Å²) in [4.78, 5) is 14.5. The van der Waals surface area contributed by atoms with Crippen LogP contribution < -0.4 is 5.73 Å². The Morgan fingerprint density at radius 2 is 1.91 bits per heavy atom. The Labute approximate surface area is 133 Å². The smallest absolute Gasteiger partial charge is 0.227 e. The zero-order valence-corrected chi connectivity index (χ0v) is 13.5. The molecule has 2 aliphatic heterocycles. The van der Waals surface area contributed by atoms with Crippen molar-refractivity contribution in [2.24, 2.45) is 11.7 Å². The molecule has 3 aliphatic rings. The number of amides is 1. The first-order valence-corrected chi connectivity index (χ1v) is 9.01. The number of nitrogens with two attached hydrogens (primary N) is 1. The van der Waals surface area contributed by atoms with Crippen LogP contribution in [0.1, 0.15) is 51.4 Å². The maximum atomic E-state index is 12.5. The Hall–Kier alpha value is -0.650. The van der Waals surface area contributed by atoms with Crippen LogP contribution in [0.3, 0.4) is 0 Å². The number of hydrogen-bond donors (Lipinski definition) is 1. The van der Waals surface area contributed by atoms with E-state index in [1.807, 2.05) is 4.90 Å². The molecule has 0 aromatic heterocycles. The monoisotopic (exact) mass is 310 g/mol. The highest BCUT2D eigenvalue weighted by molar-refractivity contribution is 5.80. The molecule has 0 aromatic rings. The molecule has 0 unspecified atom stereocenters. The van der Waals surface area contributed by atoms with E-state index >= 15 is 0 Å². The molecule has 0 radical (unpaired) electrons. The van der Waals surface area contributed by atoms with Crippen LogP contribution in [0.15, 0.2) is 0 Å². The number of nitrogens with zero attached hydrogens (tertiary/aromatic N) is 1. The molecule has 1 aliphatic carbocycles. The lowest BCUT2D eigenvalue weighted by Crippen LogP contribution is -2.46. The zero-order chi connectivity index (χ0) is 15.4. The van der Waals surface area contributed by atoms with Gasteiger partial charge < -0.3 is 20.1 Å². The van der Waals surface area contributed by atoms with Crippen LogP contribution in [0.5, 0.6) is 0 Å². The van der Waals surface area contributed by atoms with Gasteiger partial charge in [0.05, 0.1) is 24.7 Å². The lowest BCUT2D eigenvalue weighted by molar-refractivity contribution is -0.139. The van der Waals surface area contributed by atoms with Gasteiger partial charge in [0, 0.05) is 25.7 Å². The van der Waals surface area contributed by atoms with Crippen LogP contribution in [-0.4, -0.2) is 55.4 Å². The third kappa shape index (κ3) is 4.00. The quantitative estimate of drug-likeness (QED) is 0.858. The summed E-state index contributed by atoms with van der Waals surface area (Å²) in [7, 11) is 0. The summed E-state index contributed by atoms with van der Waals surface area (Å²) in [5.41, 5.74) is 6.06. The lowest BCUT2D eigenvalue weighted by atomic mass is 10.00. The van der Waals surface area contributed by atoms with Crippen molar-refractivity contribution in [3.8, 4) is 0 Å². The zero-order valence-electron chi connectivity index (χ0n) is 13.5. The van der Waals surface area contributed by atoms with Gasteiger partial charge in [-0.3, -0.25) is 4.79 Å². The van der Waals surface area contributed by atoms with Gasteiger partial charge in [-0.2, -0.15) is 0 Å². The van der Waals surface area contributed by atoms with Crippen molar-refractivity contribution in [1.82, 2.24) is 4.90 Å². The highest BCUT2D eigenvalue weighted by Gasteiger charge is 2.35. The van der Waals surface area contributed by atoms with Gasteiger partial charge in [-0.25, -0.2) is 0 Å². The number of carbonyl (C=O) groups is 1. The third-order valence-corrected chi connectivity index (χ3v) is 5.43. The molecule has 2 N–H and O–H groups in total. The van der Waals surface area contributed by atoms with E-state index in [4.69, 9.17) is 15.2 Å². The van der Waals surface area contributed by atoms with Crippen molar-refractivity contribution >= 4 is 5.91 Å². The van der Waals surface area contributed by atoms with Crippen LogP contribution >= 0.6 is 0 Å². The molecular formula is C17H30N2O3. The predicted octanol–water partition coefficient (Wildman–Crippen LogP) is 1.69. The average Bonchev–Trinajstić information content (AvgIpc) is 3.00. The van der Waals surface area contributed by atoms with Crippen LogP contribution in [0, 0.1) is 5.92 Å². The molecule has 22 heavy (non-hydrogen) atoms. The fraction of sp³-hybridized carbons (Fsp3) is 0.941. The molecular weight excluding hydrogens is 280 g/mol. The molecule has 2 heterocycles. The Balaban J connectivity index is 1.37. The summed E-state index contributed by atoms with van der Waals surface area (Å²) in [6.07, 6.45) is 9.07. The standard InChI is InChI=1S/C17H30N2O3/c18-16-6-3-5-15(16)17(20)19-9-7-13(8-10-19)22-12-14-4-1-2-11-21-14/h13-16H,1-12,18H2/t14-,15+,16+/m0/s1. The maximum absolute atomic E-state index is 12.5. The molecule has 1 amide bonds. The molecule has 2 saturated heterocycles. The molecule has 5 nitrogen and oxygen atoms in total. The maximum Gasteiger partial charge on any atom is 0.227 e. The number of rotatable bonds is 4. The number of ether oxygens (including phenoxy) is 2. The van der Waals surface area contributed by atoms with Crippen molar-refractivity contribution in [3.63, 3.8) is 0 Å².